The third-order valence-corrected chi connectivity index (χ3v) is 4.24. The molecule has 18 heavy (non-hydrogen) atoms. The van der Waals surface area contributed by atoms with Gasteiger partial charge in [-0.25, -0.2) is 0 Å². The average molecular weight is 245 g/mol. The second kappa shape index (κ2) is 5.41. The van der Waals surface area contributed by atoms with E-state index >= 15 is 0 Å². The molecule has 1 aromatic carbocycles. The number of hydrogen-bond donors (Lipinski definition) is 1. The highest BCUT2D eigenvalue weighted by Crippen LogP contribution is 2.23. The molecule has 1 aliphatic heterocycles. The minimum Gasteiger partial charge on any atom is -0.378 e. The van der Waals surface area contributed by atoms with Crippen LogP contribution in [0.15, 0.2) is 18.2 Å². The van der Waals surface area contributed by atoms with Gasteiger partial charge in [0.05, 0.1) is 6.10 Å². The summed E-state index contributed by atoms with van der Waals surface area (Å²) in [4.78, 5) is 0. The molecule has 1 fully saturated rings. The Balaban J connectivity index is 1.56. The maximum atomic E-state index is 5.58. The number of ether oxygens (including phenoxy) is 1. The van der Waals surface area contributed by atoms with Crippen LogP contribution in [-0.2, 0) is 24.1 Å². The highest BCUT2D eigenvalue weighted by Gasteiger charge is 2.18. The molecule has 3 rings (SSSR count). The predicted molar refractivity (Wildman–Crippen MR) is 73.7 cm³/mol. The molecule has 0 aromatic heterocycles. The fourth-order valence-corrected chi connectivity index (χ4v) is 3.18. The first-order valence-electron chi connectivity index (χ1n) is 7.27. The van der Waals surface area contributed by atoms with E-state index in [0.29, 0.717) is 12.1 Å². The van der Waals surface area contributed by atoms with Crippen LogP contribution in [0.1, 0.15) is 42.9 Å². The summed E-state index contributed by atoms with van der Waals surface area (Å²) in [6.45, 7) is 4.08. The first-order valence-corrected chi connectivity index (χ1v) is 7.27. The first-order chi connectivity index (χ1) is 8.81. The lowest BCUT2D eigenvalue weighted by molar-refractivity contribution is 0.0130. The van der Waals surface area contributed by atoms with Crippen LogP contribution < -0.4 is 5.32 Å². The van der Waals surface area contributed by atoms with Crippen LogP contribution >= 0.6 is 0 Å². The topological polar surface area (TPSA) is 21.3 Å². The Kier molecular flexibility index (Phi) is 3.67. The zero-order valence-electron chi connectivity index (χ0n) is 11.2. The average Bonchev–Trinajstić information content (AvgIpc) is 2.84. The molecule has 2 aliphatic rings. The summed E-state index contributed by atoms with van der Waals surface area (Å²) >= 11 is 0. The number of benzene rings is 1. The zero-order chi connectivity index (χ0) is 12.4. The number of hydrogen-bond acceptors (Lipinski definition) is 2. The van der Waals surface area contributed by atoms with Crippen molar-refractivity contribution >= 4 is 0 Å². The van der Waals surface area contributed by atoms with E-state index in [-0.39, 0.29) is 0 Å². The molecular weight excluding hydrogens is 222 g/mol. The molecule has 0 amide bonds. The summed E-state index contributed by atoms with van der Waals surface area (Å²) in [6, 6.07) is 7.64. The van der Waals surface area contributed by atoms with E-state index in [1.54, 1.807) is 11.1 Å². The van der Waals surface area contributed by atoms with Crippen LogP contribution in [-0.4, -0.2) is 18.8 Å². The molecule has 1 aliphatic carbocycles. The predicted octanol–water partition coefficient (Wildman–Crippen LogP) is 2.83. The van der Waals surface area contributed by atoms with Gasteiger partial charge in [0.1, 0.15) is 0 Å². The Bertz CT molecular complexity index is 416. The molecule has 0 saturated carbocycles. The Morgan fingerprint density at radius 3 is 3.06 bits per heavy atom. The zero-order valence-corrected chi connectivity index (χ0v) is 11.2. The van der Waals surface area contributed by atoms with E-state index in [0.717, 1.165) is 26.0 Å². The third-order valence-electron chi connectivity index (χ3n) is 4.24. The van der Waals surface area contributed by atoms with E-state index in [1.165, 1.54) is 24.8 Å². The van der Waals surface area contributed by atoms with Crippen LogP contribution in [0.25, 0.3) is 0 Å². The molecule has 0 bridgehead atoms. The van der Waals surface area contributed by atoms with Crippen molar-refractivity contribution in [3.63, 3.8) is 0 Å². The van der Waals surface area contributed by atoms with Crippen LogP contribution in [0.5, 0.6) is 0 Å². The molecule has 2 unspecified atom stereocenters. The van der Waals surface area contributed by atoms with E-state index in [4.69, 9.17) is 4.74 Å². The van der Waals surface area contributed by atoms with E-state index in [1.807, 2.05) is 0 Å². The summed E-state index contributed by atoms with van der Waals surface area (Å²) < 4.78 is 5.58. The van der Waals surface area contributed by atoms with Gasteiger partial charge in [0.25, 0.3) is 0 Å². The molecule has 0 spiro atoms. The molecule has 2 atom stereocenters. The van der Waals surface area contributed by atoms with Gasteiger partial charge < -0.3 is 10.1 Å². The highest BCUT2D eigenvalue weighted by molar-refractivity contribution is 5.35. The SMILES string of the molecule is CC1CC(NCc2ccc3c(c2)CCC3)CCO1. The van der Waals surface area contributed by atoms with Gasteiger partial charge in [-0.2, -0.15) is 0 Å². The molecular formula is C16H23NO. The van der Waals surface area contributed by atoms with Gasteiger partial charge in [-0.05, 0) is 55.7 Å². The smallest absolute Gasteiger partial charge is 0.0561 e. The number of nitrogens with one attached hydrogen (secondary N) is 1. The quantitative estimate of drug-likeness (QED) is 0.884. The Labute approximate surface area is 110 Å². The number of rotatable bonds is 3. The number of aryl methyl sites for hydroxylation is 2. The van der Waals surface area contributed by atoms with Gasteiger partial charge in [0, 0.05) is 19.2 Å². The van der Waals surface area contributed by atoms with Gasteiger partial charge in [0.2, 0.25) is 0 Å². The largest absolute Gasteiger partial charge is 0.378 e. The maximum Gasteiger partial charge on any atom is 0.0561 e. The Morgan fingerprint density at radius 1 is 1.28 bits per heavy atom. The second-order valence-electron chi connectivity index (χ2n) is 5.74. The lowest BCUT2D eigenvalue weighted by atomic mass is 10.0. The molecule has 1 saturated heterocycles. The van der Waals surface area contributed by atoms with Gasteiger partial charge in [-0.15, -0.1) is 0 Å². The van der Waals surface area contributed by atoms with Crippen LogP contribution in [0.4, 0.5) is 0 Å². The molecule has 0 radical (unpaired) electrons. The summed E-state index contributed by atoms with van der Waals surface area (Å²) in [5.41, 5.74) is 4.59. The standard InChI is InChI=1S/C16H23NO/c1-12-9-16(7-8-18-12)17-11-13-5-6-14-3-2-4-15(14)10-13/h5-6,10,12,16-17H,2-4,7-9,11H2,1H3. The van der Waals surface area contributed by atoms with E-state index < -0.39 is 0 Å². The van der Waals surface area contributed by atoms with Gasteiger partial charge >= 0.3 is 0 Å². The van der Waals surface area contributed by atoms with Crippen LogP contribution in [0, 0.1) is 0 Å². The monoisotopic (exact) mass is 245 g/mol. The normalized spacial score (nSPS) is 27.2. The second-order valence-corrected chi connectivity index (χ2v) is 5.74. The van der Waals surface area contributed by atoms with Crippen molar-refractivity contribution in [2.75, 3.05) is 6.61 Å². The Morgan fingerprint density at radius 2 is 2.17 bits per heavy atom. The molecule has 98 valence electrons. The minimum atomic E-state index is 0.413. The van der Waals surface area contributed by atoms with Crippen molar-refractivity contribution in [2.45, 2.75) is 57.7 Å². The summed E-state index contributed by atoms with van der Waals surface area (Å²) in [5, 5.41) is 3.68. The van der Waals surface area contributed by atoms with E-state index in [9.17, 15) is 0 Å². The summed E-state index contributed by atoms with van der Waals surface area (Å²) in [5.74, 6) is 0. The van der Waals surface area contributed by atoms with Gasteiger partial charge in [0.15, 0.2) is 0 Å². The highest BCUT2D eigenvalue weighted by atomic mass is 16.5. The summed E-state index contributed by atoms with van der Waals surface area (Å²) in [6.07, 6.45) is 6.60. The minimum absolute atomic E-state index is 0.413. The molecule has 2 heteroatoms. The van der Waals surface area contributed by atoms with Crippen molar-refractivity contribution in [2.24, 2.45) is 0 Å². The lowest BCUT2D eigenvalue weighted by Crippen LogP contribution is -2.37. The molecule has 1 N–H and O–H groups in total. The first kappa shape index (κ1) is 12.2. The Hall–Kier alpha value is -0.860. The van der Waals surface area contributed by atoms with Gasteiger partial charge in [-0.3, -0.25) is 0 Å². The van der Waals surface area contributed by atoms with E-state index in [2.05, 4.69) is 30.4 Å². The van der Waals surface area contributed by atoms with Crippen molar-refractivity contribution < 1.29 is 4.74 Å². The van der Waals surface area contributed by atoms with Crippen molar-refractivity contribution in [1.29, 1.82) is 0 Å². The maximum absolute atomic E-state index is 5.58. The van der Waals surface area contributed by atoms with Crippen LogP contribution in [0.2, 0.25) is 0 Å². The number of fused-ring (bicyclic) bond motifs is 1. The van der Waals surface area contributed by atoms with Crippen molar-refractivity contribution in [3.8, 4) is 0 Å². The van der Waals surface area contributed by atoms with Crippen molar-refractivity contribution in [3.05, 3.63) is 34.9 Å². The van der Waals surface area contributed by atoms with Gasteiger partial charge in [-0.1, -0.05) is 18.2 Å². The van der Waals surface area contributed by atoms with Crippen LogP contribution in [0.3, 0.4) is 0 Å². The fraction of sp³-hybridized carbons (Fsp3) is 0.625. The molecule has 2 nitrogen and oxygen atoms in total. The molecule has 1 heterocycles. The van der Waals surface area contributed by atoms with Crippen molar-refractivity contribution in [1.82, 2.24) is 5.32 Å². The fourth-order valence-electron chi connectivity index (χ4n) is 3.18. The third kappa shape index (κ3) is 2.76. The lowest BCUT2D eigenvalue weighted by Gasteiger charge is -2.28. The molecule has 1 aromatic rings. The summed E-state index contributed by atoms with van der Waals surface area (Å²) in [7, 11) is 0.